The maximum atomic E-state index is 13.0. The van der Waals surface area contributed by atoms with Crippen LogP contribution in [0.1, 0.15) is 25.6 Å². The number of pyridine rings is 1. The third-order valence-corrected chi connectivity index (χ3v) is 6.48. The van der Waals surface area contributed by atoms with E-state index in [1.165, 1.54) is 11.3 Å². The van der Waals surface area contributed by atoms with E-state index in [4.69, 9.17) is 0 Å². The Bertz CT molecular complexity index is 1480. The van der Waals surface area contributed by atoms with Crippen LogP contribution in [0.2, 0.25) is 0 Å². The molecular weight excluding hydrogens is 392 g/mol. The van der Waals surface area contributed by atoms with Gasteiger partial charge in [-0.15, -0.1) is 11.3 Å². The molecule has 0 spiro atoms. The second-order valence-corrected chi connectivity index (χ2v) is 8.33. The molecule has 0 atom stereocenters. The Balaban J connectivity index is 1.41. The first-order valence-corrected chi connectivity index (χ1v) is 10.4. The van der Waals surface area contributed by atoms with Crippen LogP contribution in [0.25, 0.3) is 32.9 Å². The van der Waals surface area contributed by atoms with Crippen LogP contribution in [0.5, 0.6) is 0 Å². The summed E-state index contributed by atoms with van der Waals surface area (Å²) in [4.78, 5) is 31.2. The number of benzene rings is 2. The predicted octanol–water partition coefficient (Wildman–Crippen LogP) is 5.70. The van der Waals surface area contributed by atoms with Crippen LogP contribution >= 0.6 is 11.3 Å². The number of rotatable bonds is 2. The SMILES string of the molecule is O=C1C(=Cc2ccc(-n3ccc4cccnc43)s2)C(=O)c2cc3ccccc3cc21. The molecule has 0 radical (unpaired) electrons. The Morgan fingerprint density at radius 3 is 2.23 bits per heavy atom. The van der Waals surface area contributed by atoms with Gasteiger partial charge in [-0.1, -0.05) is 24.3 Å². The molecule has 6 rings (SSSR count). The zero-order chi connectivity index (χ0) is 20.2. The Morgan fingerprint density at radius 1 is 0.800 bits per heavy atom. The largest absolute Gasteiger partial charge is 0.292 e. The average Bonchev–Trinajstić information content (AvgIpc) is 3.47. The Kier molecular flexibility index (Phi) is 3.60. The number of ketones is 2. The summed E-state index contributed by atoms with van der Waals surface area (Å²) in [6.45, 7) is 0. The predicted molar refractivity (Wildman–Crippen MR) is 120 cm³/mol. The molecule has 30 heavy (non-hydrogen) atoms. The van der Waals surface area contributed by atoms with Gasteiger partial charge in [0.15, 0.2) is 11.6 Å². The fourth-order valence-electron chi connectivity index (χ4n) is 3.98. The standard InChI is InChI=1S/C25H14N2O2S/c28-23-19-12-16-4-1-2-5-17(16)13-20(19)24(29)21(23)14-18-7-8-22(30-18)27-11-9-15-6-3-10-26-25(15)27/h1-14H. The third kappa shape index (κ3) is 2.49. The Labute approximate surface area is 175 Å². The van der Waals surface area contributed by atoms with E-state index in [0.29, 0.717) is 11.1 Å². The lowest BCUT2D eigenvalue weighted by atomic mass is 10.0. The lowest BCUT2D eigenvalue weighted by molar-refractivity contribution is 0.0990. The van der Waals surface area contributed by atoms with Gasteiger partial charge in [0, 0.05) is 33.8 Å². The topological polar surface area (TPSA) is 52.0 Å². The van der Waals surface area contributed by atoms with Crippen LogP contribution in [-0.2, 0) is 0 Å². The van der Waals surface area contributed by atoms with Gasteiger partial charge < -0.3 is 0 Å². The van der Waals surface area contributed by atoms with Crippen LogP contribution in [-0.4, -0.2) is 21.1 Å². The van der Waals surface area contributed by atoms with Gasteiger partial charge in [0.1, 0.15) is 10.6 Å². The first-order chi connectivity index (χ1) is 14.7. The van der Waals surface area contributed by atoms with E-state index in [1.807, 2.05) is 77.5 Å². The zero-order valence-corrected chi connectivity index (χ0v) is 16.5. The number of allylic oxidation sites excluding steroid dienone is 1. The highest BCUT2D eigenvalue weighted by atomic mass is 32.1. The average molecular weight is 406 g/mol. The zero-order valence-electron chi connectivity index (χ0n) is 15.7. The molecular formula is C25H14N2O2S. The third-order valence-electron chi connectivity index (χ3n) is 5.45. The normalized spacial score (nSPS) is 13.4. The van der Waals surface area contributed by atoms with Gasteiger partial charge in [-0.2, -0.15) is 0 Å². The van der Waals surface area contributed by atoms with Crippen LogP contribution in [0, 0.1) is 0 Å². The molecule has 142 valence electrons. The van der Waals surface area contributed by atoms with Crippen LogP contribution in [0.3, 0.4) is 0 Å². The minimum atomic E-state index is -0.205. The Morgan fingerprint density at radius 2 is 1.50 bits per heavy atom. The summed E-state index contributed by atoms with van der Waals surface area (Å²) in [5.74, 6) is -0.410. The van der Waals surface area contributed by atoms with Gasteiger partial charge in [0.05, 0.1) is 5.57 Å². The molecule has 5 aromatic rings. The second-order valence-electron chi connectivity index (χ2n) is 7.24. The summed E-state index contributed by atoms with van der Waals surface area (Å²) in [5.41, 5.74) is 2.08. The van der Waals surface area contributed by atoms with Crippen molar-refractivity contribution in [2.45, 2.75) is 0 Å². The number of aromatic nitrogens is 2. The lowest BCUT2D eigenvalue weighted by Gasteiger charge is -2.00. The summed E-state index contributed by atoms with van der Waals surface area (Å²) in [6.07, 6.45) is 5.46. The smallest absolute Gasteiger partial charge is 0.197 e. The van der Waals surface area contributed by atoms with Crippen molar-refractivity contribution in [3.8, 4) is 5.00 Å². The molecule has 0 bridgehead atoms. The van der Waals surface area contributed by atoms with Crippen LogP contribution in [0.15, 0.2) is 84.7 Å². The fraction of sp³-hybridized carbons (Fsp3) is 0. The molecule has 0 saturated heterocycles. The summed E-state index contributed by atoms with van der Waals surface area (Å²) >= 11 is 1.52. The molecule has 0 N–H and O–H groups in total. The van der Waals surface area contributed by atoms with Crippen molar-refractivity contribution < 1.29 is 9.59 Å². The monoisotopic (exact) mass is 406 g/mol. The van der Waals surface area contributed by atoms with Crippen molar-refractivity contribution in [1.82, 2.24) is 9.55 Å². The Hall–Kier alpha value is -3.83. The van der Waals surface area contributed by atoms with Gasteiger partial charge in [0.2, 0.25) is 0 Å². The van der Waals surface area contributed by atoms with Crippen molar-refractivity contribution in [3.63, 3.8) is 0 Å². The number of carbonyl (C=O) groups excluding carboxylic acids is 2. The van der Waals surface area contributed by atoms with Gasteiger partial charge in [-0.25, -0.2) is 4.98 Å². The van der Waals surface area contributed by atoms with Crippen molar-refractivity contribution in [2.75, 3.05) is 0 Å². The molecule has 2 aromatic carbocycles. The number of Topliss-reactive ketones (excluding diaryl/α,β-unsaturated/α-hetero) is 2. The molecule has 0 saturated carbocycles. The van der Waals surface area contributed by atoms with Crippen molar-refractivity contribution in [2.24, 2.45) is 0 Å². The molecule has 5 heteroatoms. The summed E-state index contributed by atoms with van der Waals surface area (Å²) < 4.78 is 2.02. The van der Waals surface area contributed by atoms with Crippen molar-refractivity contribution >= 4 is 50.8 Å². The molecule has 0 amide bonds. The van der Waals surface area contributed by atoms with E-state index in [-0.39, 0.29) is 17.1 Å². The van der Waals surface area contributed by atoms with Crippen molar-refractivity contribution in [3.05, 3.63) is 101 Å². The first-order valence-electron chi connectivity index (χ1n) is 9.55. The first kappa shape index (κ1) is 17.1. The summed E-state index contributed by atoms with van der Waals surface area (Å²) in [6, 6.07) is 21.3. The number of fused-ring (bicyclic) bond motifs is 3. The summed E-state index contributed by atoms with van der Waals surface area (Å²) in [7, 11) is 0. The number of hydrogen-bond donors (Lipinski definition) is 0. The molecule has 4 nitrogen and oxygen atoms in total. The van der Waals surface area contributed by atoms with E-state index in [2.05, 4.69) is 4.98 Å². The maximum absolute atomic E-state index is 13.0. The van der Waals surface area contributed by atoms with E-state index in [0.717, 1.165) is 31.7 Å². The van der Waals surface area contributed by atoms with Crippen LogP contribution in [0.4, 0.5) is 0 Å². The van der Waals surface area contributed by atoms with Gasteiger partial charge in [-0.3, -0.25) is 14.2 Å². The van der Waals surface area contributed by atoms with Gasteiger partial charge in [-0.05, 0) is 59.3 Å². The molecule has 1 aliphatic carbocycles. The fourth-order valence-corrected chi connectivity index (χ4v) is 4.91. The van der Waals surface area contributed by atoms with Crippen molar-refractivity contribution in [1.29, 1.82) is 0 Å². The molecule has 0 aliphatic heterocycles. The highest BCUT2D eigenvalue weighted by Gasteiger charge is 2.33. The minimum Gasteiger partial charge on any atom is -0.292 e. The molecule has 3 aromatic heterocycles. The van der Waals surface area contributed by atoms with Gasteiger partial charge >= 0.3 is 0 Å². The highest BCUT2D eigenvalue weighted by molar-refractivity contribution is 7.15. The minimum absolute atomic E-state index is 0.205. The maximum Gasteiger partial charge on any atom is 0.197 e. The van der Waals surface area contributed by atoms with Gasteiger partial charge in [0.25, 0.3) is 0 Å². The van der Waals surface area contributed by atoms with E-state index in [9.17, 15) is 9.59 Å². The highest BCUT2D eigenvalue weighted by Crippen LogP contribution is 2.33. The number of nitrogens with zero attached hydrogens (tertiary/aromatic N) is 2. The van der Waals surface area contributed by atoms with E-state index < -0.39 is 0 Å². The molecule has 0 unspecified atom stereocenters. The number of thiophene rings is 1. The van der Waals surface area contributed by atoms with E-state index in [1.54, 1.807) is 12.3 Å². The number of hydrogen-bond acceptors (Lipinski definition) is 4. The quantitative estimate of drug-likeness (QED) is 0.279. The molecule has 1 aliphatic rings. The second kappa shape index (κ2) is 6.34. The van der Waals surface area contributed by atoms with Crippen LogP contribution < -0.4 is 0 Å². The molecule has 0 fully saturated rings. The molecule has 3 heterocycles. The number of carbonyl (C=O) groups is 2. The summed E-state index contributed by atoms with van der Waals surface area (Å²) in [5, 5.41) is 3.97. The van der Waals surface area contributed by atoms with E-state index >= 15 is 0 Å². The lowest BCUT2D eigenvalue weighted by Crippen LogP contribution is -1.99.